The summed E-state index contributed by atoms with van der Waals surface area (Å²) in [6.07, 6.45) is 4.33. The molecule has 5 atom stereocenters. The lowest BCUT2D eigenvalue weighted by Gasteiger charge is -2.34. The summed E-state index contributed by atoms with van der Waals surface area (Å²) in [5, 5.41) is 24.5. The van der Waals surface area contributed by atoms with E-state index in [4.69, 9.17) is 4.74 Å². The molecule has 0 spiro atoms. The Morgan fingerprint density at radius 2 is 1.91 bits per heavy atom. The molecule has 2 heterocycles. The highest BCUT2D eigenvalue weighted by Gasteiger charge is 2.42. The van der Waals surface area contributed by atoms with E-state index in [-0.39, 0.29) is 18.1 Å². The molecule has 2 rings (SSSR count). The van der Waals surface area contributed by atoms with Gasteiger partial charge >= 0.3 is 5.97 Å². The Balaban J connectivity index is 2.33. The van der Waals surface area contributed by atoms with E-state index >= 15 is 0 Å². The number of ether oxygens (including phenoxy) is 1. The molecule has 0 saturated heterocycles. The molecule has 190 valence electrons. The molecule has 0 aromatic carbocycles. The van der Waals surface area contributed by atoms with Crippen LogP contribution in [0.2, 0.25) is 0 Å². The van der Waals surface area contributed by atoms with Gasteiger partial charge in [-0.1, -0.05) is 39.3 Å². The second-order valence-electron chi connectivity index (χ2n) is 10.4. The van der Waals surface area contributed by atoms with E-state index in [9.17, 15) is 19.8 Å². The number of hydrogen-bond donors (Lipinski definition) is 2. The fraction of sp³-hybridized carbons (Fsp3) is 0.667. The van der Waals surface area contributed by atoms with Crippen molar-refractivity contribution in [2.45, 2.75) is 98.9 Å². The van der Waals surface area contributed by atoms with Crippen molar-refractivity contribution in [2.24, 2.45) is 17.3 Å². The Morgan fingerprint density at radius 3 is 2.53 bits per heavy atom. The van der Waals surface area contributed by atoms with E-state index in [1.54, 1.807) is 32.1 Å². The van der Waals surface area contributed by atoms with Crippen molar-refractivity contribution >= 4 is 29.2 Å². The Hall–Kier alpha value is -1.83. The lowest BCUT2D eigenvalue weighted by atomic mass is 9.73. The number of aryl methyl sites for hydroxylation is 1. The summed E-state index contributed by atoms with van der Waals surface area (Å²) in [6.45, 7) is 12.8. The monoisotopic (exact) mass is 491 g/mol. The van der Waals surface area contributed by atoms with Crippen molar-refractivity contribution in [3.05, 3.63) is 33.3 Å². The average molecular weight is 492 g/mol. The molecule has 6 nitrogen and oxygen atoms in total. The molecule has 1 unspecified atom stereocenters. The van der Waals surface area contributed by atoms with Crippen molar-refractivity contribution in [2.75, 3.05) is 0 Å². The molecule has 0 aliphatic carbocycles. The predicted molar refractivity (Wildman–Crippen MR) is 136 cm³/mol. The van der Waals surface area contributed by atoms with Crippen LogP contribution in [0.1, 0.15) is 84.3 Å². The average Bonchev–Trinajstić information content (AvgIpc) is 3.18. The highest BCUT2D eigenvalue weighted by atomic mass is 32.1. The van der Waals surface area contributed by atoms with Crippen molar-refractivity contribution in [1.29, 1.82) is 0 Å². The predicted octanol–water partition coefficient (Wildman–Crippen LogP) is 5.27. The first-order chi connectivity index (χ1) is 15.8. The quantitative estimate of drug-likeness (QED) is 0.432. The van der Waals surface area contributed by atoms with Crippen LogP contribution in [0.3, 0.4) is 0 Å². The number of aliphatic hydroxyl groups is 2. The largest absolute Gasteiger partial charge is 0.457 e. The van der Waals surface area contributed by atoms with Crippen molar-refractivity contribution in [1.82, 2.24) is 4.98 Å². The molecular formula is C27H41NO5S. The van der Waals surface area contributed by atoms with Gasteiger partial charge in [-0.05, 0) is 57.6 Å². The third-order valence-electron chi connectivity index (χ3n) is 7.04. The zero-order valence-corrected chi connectivity index (χ0v) is 22.4. The number of carbonyl (C=O) groups is 2. The van der Waals surface area contributed by atoms with Crippen molar-refractivity contribution in [3.63, 3.8) is 0 Å². The van der Waals surface area contributed by atoms with Gasteiger partial charge in [-0.3, -0.25) is 9.59 Å². The van der Waals surface area contributed by atoms with E-state index in [1.165, 1.54) is 5.57 Å². The summed E-state index contributed by atoms with van der Waals surface area (Å²) < 4.78 is 5.81. The van der Waals surface area contributed by atoms with Crippen LogP contribution in [0.4, 0.5) is 0 Å². The number of ketones is 1. The SMILES string of the molecule is CC1=CCC(C(C)=Cc2csc(C)n2)OC(=O)C[C@H](O)C(C)(C)C(=O)[C@H](C)[C@@H](O)[C@H](C)CCC1. The Kier molecular flexibility index (Phi) is 10.2. The minimum Gasteiger partial charge on any atom is -0.457 e. The molecule has 1 aliphatic heterocycles. The van der Waals surface area contributed by atoms with Gasteiger partial charge in [0.1, 0.15) is 11.9 Å². The first-order valence-corrected chi connectivity index (χ1v) is 13.1. The van der Waals surface area contributed by atoms with Gasteiger partial charge in [0.25, 0.3) is 0 Å². The Labute approximate surface area is 208 Å². The normalized spacial score (nSPS) is 30.6. The third kappa shape index (κ3) is 7.59. The second kappa shape index (κ2) is 12.2. The number of thiazole rings is 1. The molecule has 34 heavy (non-hydrogen) atoms. The number of Topliss-reactive ketones (excluding diaryl/α,β-unsaturated/α-hetero) is 1. The zero-order chi connectivity index (χ0) is 25.6. The van der Waals surface area contributed by atoms with Crippen molar-refractivity contribution in [3.8, 4) is 0 Å². The molecule has 0 radical (unpaired) electrons. The number of carbonyl (C=O) groups excluding carboxylic acids is 2. The summed E-state index contributed by atoms with van der Waals surface area (Å²) in [5.74, 6) is -1.49. The van der Waals surface area contributed by atoms with Gasteiger partial charge in [0.15, 0.2) is 0 Å². The first-order valence-electron chi connectivity index (χ1n) is 12.2. The molecule has 1 aliphatic rings. The highest BCUT2D eigenvalue weighted by molar-refractivity contribution is 7.09. The summed E-state index contributed by atoms with van der Waals surface area (Å²) in [7, 11) is 0. The number of cyclic esters (lactones) is 1. The summed E-state index contributed by atoms with van der Waals surface area (Å²) in [6, 6.07) is 0. The Morgan fingerprint density at radius 1 is 1.24 bits per heavy atom. The molecule has 1 aromatic rings. The molecule has 0 fully saturated rings. The van der Waals surface area contributed by atoms with Gasteiger partial charge in [0, 0.05) is 17.7 Å². The van der Waals surface area contributed by atoms with Crippen LogP contribution in [0, 0.1) is 24.2 Å². The standard InChI is InChI=1S/C27H41NO5S/c1-16-9-8-10-17(2)25(31)19(4)26(32)27(6,7)23(29)14-24(30)33-22(12-11-16)18(3)13-21-15-34-20(5)28-21/h11,13,15,17,19,22-23,25,29,31H,8-10,12,14H2,1-7H3/t17-,19-,22?,23+,25+/m1/s1. The fourth-order valence-electron chi connectivity index (χ4n) is 4.40. The van der Waals surface area contributed by atoms with Crippen LogP contribution in [0.25, 0.3) is 6.08 Å². The maximum absolute atomic E-state index is 13.2. The molecule has 0 saturated carbocycles. The summed E-state index contributed by atoms with van der Waals surface area (Å²) in [4.78, 5) is 30.5. The number of esters is 1. The van der Waals surface area contributed by atoms with E-state index in [0.717, 1.165) is 35.5 Å². The van der Waals surface area contributed by atoms with Gasteiger partial charge in [-0.25, -0.2) is 4.98 Å². The van der Waals surface area contributed by atoms with Crippen molar-refractivity contribution < 1.29 is 24.5 Å². The van der Waals surface area contributed by atoms with Crippen LogP contribution in [0.5, 0.6) is 0 Å². The topological polar surface area (TPSA) is 96.7 Å². The lowest BCUT2D eigenvalue weighted by Crippen LogP contribution is -2.45. The van der Waals surface area contributed by atoms with Gasteiger partial charge in [0.2, 0.25) is 0 Å². The Bertz CT molecular complexity index is 916. The first kappa shape index (κ1) is 28.4. The van der Waals surface area contributed by atoms with E-state index < -0.39 is 35.6 Å². The lowest BCUT2D eigenvalue weighted by molar-refractivity contribution is -0.154. The molecule has 1 aromatic heterocycles. The maximum Gasteiger partial charge on any atom is 0.309 e. The molecule has 0 bridgehead atoms. The molecule has 7 heteroatoms. The number of rotatable bonds is 2. The van der Waals surface area contributed by atoms with Crippen LogP contribution in [-0.4, -0.2) is 45.3 Å². The summed E-state index contributed by atoms with van der Waals surface area (Å²) >= 11 is 1.56. The second-order valence-corrected chi connectivity index (χ2v) is 11.5. The maximum atomic E-state index is 13.2. The van der Waals surface area contributed by atoms with Crippen LogP contribution in [0.15, 0.2) is 22.6 Å². The van der Waals surface area contributed by atoms with Gasteiger partial charge in [-0.2, -0.15) is 0 Å². The van der Waals surface area contributed by atoms with Gasteiger partial charge in [0.05, 0.1) is 34.7 Å². The van der Waals surface area contributed by atoms with E-state index in [2.05, 4.69) is 18.0 Å². The number of allylic oxidation sites excluding steroid dienone is 1. The number of aromatic nitrogens is 1. The number of aliphatic hydroxyl groups excluding tert-OH is 2. The molecule has 0 amide bonds. The van der Waals surface area contributed by atoms with Gasteiger partial charge in [-0.15, -0.1) is 11.3 Å². The summed E-state index contributed by atoms with van der Waals surface area (Å²) in [5.41, 5.74) is 1.71. The van der Waals surface area contributed by atoms with E-state index in [1.807, 2.05) is 32.2 Å². The van der Waals surface area contributed by atoms with Crippen LogP contribution >= 0.6 is 11.3 Å². The highest BCUT2D eigenvalue weighted by Crippen LogP contribution is 2.32. The molecule has 2 N–H and O–H groups in total. The number of nitrogens with zero attached hydrogens (tertiary/aromatic N) is 1. The third-order valence-corrected chi connectivity index (χ3v) is 7.83. The number of hydrogen-bond acceptors (Lipinski definition) is 7. The minimum absolute atomic E-state index is 0.0444. The minimum atomic E-state index is -1.21. The molecular weight excluding hydrogens is 450 g/mol. The van der Waals surface area contributed by atoms with Crippen LogP contribution in [-0.2, 0) is 14.3 Å². The smallest absolute Gasteiger partial charge is 0.309 e. The van der Waals surface area contributed by atoms with Crippen LogP contribution < -0.4 is 0 Å². The fourth-order valence-corrected chi connectivity index (χ4v) is 4.97. The van der Waals surface area contributed by atoms with E-state index in [0.29, 0.717) is 6.42 Å². The zero-order valence-electron chi connectivity index (χ0n) is 21.6. The van der Waals surface area contributed by atoms with Gasteiger partial charge < -0.3 is 14.9 Å².